The minimum Gasteiger partial charge on any atom is -0.464 e. The van der Waals surface area contributed by atoms with E-state index in [-0.39, 0.29) is 13.2 Å². The molecule has 0 spiro atoms. The van der Waals surface area contributed by atoms with E-state index in [1.165, 1.54) is 0 Å². The number of hydrogen-bond donors (Lipinski definition) is 1. The fraction of sp³-hybridized carbons (Fsp3) is 0.750. The predicted molar refractivity (Wildman–Crippen MR) is 55.0 cm³/mol. The summed E-state index contributed by atoms with van der Waals surface area (Å²) in [6.45, 7) is 3.17. The first kappa shape index (κ1) is 14.8. The van der Waals surface area contributed by atoms with Crippen molar-refractivity contribution in [3.63, 3.8) is 0 Å². The number of nitrogens with one attached hydrogen (secondary N) is 1. The molecule has 8 heteroatoms. The summed E-state index contributed by atoms with van der Waals surface area (Å²) in [6, 6.07) is -1.64. The Morgan fingerprint density at radius 2 is 1.50 bits per heavy atom. The summed E-state index contributed by atoms with van der Waals surface area (Å²) in [6.07, 6.45) is 0.832. The van der Waals surface area contributed by atoms with Crippen LogP contribution in [-0.4, -0.2) is 45.9 Å². The van der Waals surface area contributed by atoms with Crippen LogP contribution in [-0.2, 0) is 29.1 Å². The molecule has 0 saturated carbocycles. The second-order valence-corrected chi connectivity index (χ2v) is 4.61. The Morgan fingerprint density at radius 3 is 1.75 bits per heavy atom. The molecule has 0 saturated heterocycles. The van der Waals surface area contributed by atoms with Crippen molar-refractivity contribution in [2.75, 3.05) is 19.5 Å². The van der Waals surface area contributed by atoms with E-state index in [4.69, 9.17) is 0 Å². The Balaban J connectivity index is 4.76. The van der Waals surface area contributed by atoms with Gasteiger partial charge in [-0.3, -0.25) is 0 Å². The zero-order valence-corrected chi connectivity index (χ0v) is 10.2. The average Bonchev–Trinajstić information content (AvgIpc) is 2.13. The molecule has 0 bridgehead atoms. The highest BCUT2D eigenvalue weighted by Crippen LogP contribution is 1.96. The smallest absolute Gasteiger partial charge is 0.335 e. The van der Waals surface area contributed by atoms with Gasteiger partial charge in [-0.2, -0.15) is 4.72 Å². The van der Waals surface area contributed by atoms with Gasteiger partial charge < -0.3 is 9.47 Å². The molecule has 94 valence electrons. The van der Waals surface area contributed by atoms with Crippen LogP contribution >= 0.6 is 0 Å². The summed E-state index contributed by atoms with van der Waals surface area (Å²) in [5, 5.41) is 0. The first-order valence-corrected chi connectivity index (χ1v) is 6.51. The molecule has 0 aliphatic heterocycles. The largest absolute Gasteiger partial charge is 0.464 e. The van der Waals surface area contributed by atoms with Gasteiger partial charge in [-0.25, -0.2) is 18.0 Å². The third-order valence-corrected chi connectivity index (χ3v) is 2.04. The molecule has 7 nitrogen and oxygen atoms in total. The van der Waals surface area contributed by atoms with E-state index < -0.39 is 28.0 Å². The number of esters is 2. The van der Waals surface area contributed by atoms with Crippen LogP contribution in [0.3, 0.4) is 0 Å². The number of sulfonamides is 1. The van der Waals surface area contributed by atoms with Crippen LogP contribution in [0.1, 0.15) is 13.8 Å². The quantitative estimate of drug-likeness (QED) is 0.483. The molecule has 0 aliphatic rings. The number of rotatable bonds is 6. The normalized spacial score (nSPS) is 11.2. The summed E-state index contributed by atoms with van der Waals surface area (Å²) in [4.78, 5) is 22.6. The maximum atomic E-state index is 11.3. The van der Waals surface area contributed by atoms with Gasteiger partial charge in [0.2, 0.25) is 16.1 Å². The highest BCUT2D eigenvalue weighted by molar-refractivity contribution is 7.88. The number of carbonyl (C=O) groups is 2. The van der Waals surface area contributed by atoms with Crippen molar-refractivity contribution in [3.05, 3.63) is 0 Å². The van der Waals surface area contributed by atoms with Crippen molar-refractivity contribution in [3.8, 4) is 0 Å². The second-order valence-electron chi connectivity index (χ2n) is 2.83. The topological polar surface area (TPSA) is 98.8 Å². The van der Waals surface area contributed by atoms with Gasteiger partial charge in [0.1, 0.15) is 0 Å². The van der Waals surface area contributed by atoms with Gasteiger partial charge in [-0.05, 0) is 13.8 Å². The standard InChI is InChI=1S/C8H15NO6S/c1-4-14-7(10)6(8(11)15-5-2)9-16(3,12)13/h6,9H,4-5H2,1-3H3. The van der Waals surface area contributed by atoms with Crippen LogP contribution in [0.25, 0.3) is 0 Å². The highest BCUT2D eigenvalue weighted by atomic mass is 32.2. The van der Waals surface area contributed by atoms with E-state index in [1.807, 2.05) is 4.72 Å². The molecule has 0 unspecified atom stereocenters. The minimum absolute atomic E-state index is 0.0418. The summed E-state index contributed by atoms with van der Waals surface area (Å²) < 4.78 is 32.8. The predicted octanol–water partition coefficient (Wildman–Crippen LogP) is -0.970. The van der Waals surface area contributed by atoms with Crippen molar-refractivity contribution < 1.29 is 27.5 Å². The average molecular weight is 253 g/mol. The Kier molecular flexibility index (Phi) is 5.97. The van der Waals surface area contributed by atoms with Crippen LogP contribution < -0.4 is 4.72 Å². The van der Waals surface area contributed by atoms with Crippen LogP contribution in [0.15, 0.2) is 0 Å². The van der Waals surface area contributed by atoms with Gasteiger partial charge in [0, 0.05) is 0 Å². The Bertz CT molecular complexity index is 332. The monoisotopic (exact) mass is 253 g/mol. The molecule has 0 aromatic heterocycles. The van der Waals surface area contributed by atoms with Crippen molar-refractivity contribution in [2.45, 2.75) is 19.9 Å². The zero-order valence-electron chi connectivity index (χ0n) is 9.35. The first-order valence-electron chi connectivity index (χ1n) is 4.62. The Hall–Kier alpha value is -1.15. The van der Waals surface area contributed by atoms with Crippen LogP contribution in [0.5, 0.6) is 0 Å². The summed E-state index contributed by atoms with van der Waals surface area (Å²) >= 11 is 0. The van der Waals surface area contributed by atoms with Gasteiger partial charge in [-0.1, -0.05) is 0 Å². The SMILES string of the molecule is CCOC(=O)C(NS(C)(=O)=O)C(=O)OCC. The van der Waals surface area contributed by atoms with Crippen molar-refractivity contribution in [1.82, 2.24) is 4.72 Å². The Labute approximate surface area is 94.2 Å². The van der Waals surface area contributed by atoms with Crippen molar-refractivity contribution in [2.24, 2.45) is 0 Å². The number of hydrogen-bond acceptors (Lipinski definition) is 6. The third-order valence-electron chi connectivity index (χ3n) is 1.38. The molecule has 0 atom stereocenters. The molecule has 0 amide bonds. The fourth-order valence-corrected chi connectivity index (χ4v) is 1.48. The summed E-state index contributed by atoms with van der Waals surface area (Å²) in [5.41, 5.74) is 0. The van der Waals surface area contributed by atoms with Gasteiger partial charge in [0.15, 0.2) is 0 Å². The summed E-state index contributed by atoms with van der Waals surface area (Å²) in [5.74, 6) is -1.96. The fourth-order valence-electron chi connectivity index (χ4n) is 0.858. The van der Waals surface area contributed by atoms with Gasteiger partial charge in [0.25, 0.3) is 0 Å². The van der Waals surface area contributed by atoms with Crippen molar-refractivity contribution >= 4 is 22.0 Å². The molecule has 0 fully saturated rings. The second kappa shape index (κ2) is 6.44. The molecule has 1 N–H and O–H groups in total. The van der Waals surface area contributed by atoms with E-state index in [9.17, 15) is 18.0 Å². The maximum absolute atomic E-state index is 11.3. The lowest BCUT2D eigenvalue weighted by molar-refractivity contribution is -0.157. The molecular weight excluding hydrogens is 238 g/mol. The minimum atomic E-state index is -3.70. The van der Waals surface area contributed by atoms with Crippen LogP contribution in [0.4, 0.5) is 0 Å². The molecule has 0 heterocycles. The van der Waals surface area contributed by atoms with Gasteiger partial charge >= 0.3 is 11.9 Å². The van der Waals surface area contributed by atoms with Crippen LogP contribution in [0, 0.1) is 0 Å². The maximum Gasteiger partial charge on any atom is 0.335 e. The first-order chi connectivity index (χ1) is 7.31. The molecule has 0 aliphatic carbocycles. The van der Waals surface area contributed by atoms with Crippen LogP contribution in [0.2, 0.25) is 0 Å². The number of carbonyl (C=O) groups excluding carboxylic acids is 2. The van der Waals surface area contributed by atoms with Gasteiger partial charge in [0.05, 0.1) is 19.5 Å². The van der Waals surface area contributed by atoms with E-state index in [0.29, 0.717) is 0 Å². The van der Waals surface area contributed by atoms with E-state index in [0.717, 1.165) is 6.26 Å². The van der Waals surface area contributed by atoms with Gasteiger partial charge in [-0.15, -0.1) is 0 Å². The highest BCUT2D eigenvalue weighted by Gasteiger charge is 2.32. The third kappa shape index (κ3) is 5.66. The Morgan fingerprint density at radius 1 is 1.12 bits per heavy atom. The van der Waals surface area contributed by atoms with E-state index in [1.54, 1.807) is 13.8 Å². The molecule has 0 aromatic carbocycles. The van der Waals surface area contributed by atoms with E-state index in [2.05, 4.69) is 9.47 Å². The summed E-state index contributed by atoms with van der Waals surface area (Å²) in [7, 11) is -3.70. The van der Waals surface area contributed by atoms with E-state index >= 15 is 0 Å². The lowest BCUT2D eigenvalue weighted by atomic mass is 10.3. The van der Waals surface area contributed by atoms with Crippen molar-refractivity contribution in [1.29, 1.82) is 0 Å². The zero-order chi connectivity index (χ0) is 12.8. The number of ether oxygens (including phenoxy) is 2. The lowest BCUT2D eigenvalue weighted by Crippen LogP contribution is -2.47. The lowest BCUT2D eigenvalue weighted by Gasteiger charge is -2.14. The molecule has 16 heavy (non-hydrogen) atoms. The molecular formula is C8H15NO6S. The molecule has 0 aromatic rings. The molecule has 0 rings (SSSR count). The molecule has 0 radical (unpaired) electrons.